The van der Waals surface area contributed by atoms with Crippen molar-refractivity contribution in [3.63, 3.8) is 0 Å². The van der Waals surface area contributed by atoms with Crippen LogP contribution >= 0.6 is 0 Å². The molecular formula is C37H56NO2+. The maximum atomic E-state index is 7.24. The van der Waals surface area contributed by atoms with Crippen LogP contribution in [0.5, 0.6) is 5.75 Å². The Hall–Kier alpha value is -1.84. The highest BCUT2D eigenvalue weighted by atomic mass is 16.5. The van der Waals surface area contributed by atoms with Crippen molar-refractivity contribution in [2.24, 2.45) is 23.7 Å². The van der Waals surface area contributed by atoms with Crippen molar-refractivity contribution in [1.82, 2.24) is 0 Å². The molecule has 2 aromatic carbocycles. The van der Waals surface area contributed by atoms with Crippen LogP contribution in [0, 0.1) is 23.7 Å². The van der Waals surface area contributed by atoms with Crippen LogP contribution in [0.25, 0.3) is 0 Å². The number of ether oxygens (including phenoxy) is 2. The molecule has 0 spiro atoms. The highest BCUT2D eigenvalue weighted by molar-refractivity contribution is 5.37. The van der Waals surface area contributed by atoms with Gasteiger partial charge in [-0.2, -0.15) is 0 Å². The van der Waals surface area contributed by atoms with Gasteiger partial charge in [0.1, 0.15) is 30.0 Å². The van der Waals surface area contributed by atoms with E-state index in [9.17, 15) is 0 Å². The summed E-state index contributed by atoms with van der Waals surface area (Å²) >= 11 is 0. The number of rotatable bonds is 7. The molecule has 1 saturated carbocycles. The average molecular weight is 547 g/mol. The van der Waals surface area contributed by atoms with E-state index in [4.69, 9.17) is 9.47 Å². The molecule has 2 aromatic rings. The first kappa shape index (κ1) is 29.6. The molecule has 0 bridgehead atoms. The quantitative estimate of drug-likeness (QED) is 0.324. The topological polar surface area (TPSA) is 18.5 Å². The van der Waals surface area contributed by atoms with Crippen LogP contribution in [0.15, 0.2) is 42.5 Å². The monoisotopic (exact) mass is 546 g/mol. The van der Waals surface area contributed by atoms with E-state index in [1.807, 2.05) is 0 Å². The van der Waals surface area contributed by atoms with Crippen LogP contribution in [0.4, 0.5) is 0 Å². The van der Waals surface area contributed by atoms with Crippen molar-refractivity contribution in [3.8, 4) is 5.75 Å². The molecule has 0 N–H and O–H groups in total. The summed E-state index contributed by atoms with van der Waals surface area (Å²) in [5.74, 6) is 3.49. The van der Waals surface area contributed by atoms with E-state index in [2.05, 4.69) is 112 Å². The molecular weight excluding hydrogens is 490 g/mol. The molecule has 0 amide bonds. The first-order valence-electron chi connectivity index (χ1n) is 15.8. The fraction of sp³-hybridized carbons (Fsp3) is 0.676. The van der Waals surface area contributed by atoms with Crippen molar-refractivity contribution >= 4 is 0 Å². The van der Waals surface area contributed by atoms with E-state index in [-0.39, 0.29) is 22.0 Å². The van der Waals surface area contributed by atoms with Gasteiger partial charge in [-0.1, -0.05) is 80.5 Å². The van der Waals surface area contributed by atoms with Crippen molar-refractivity contribution in [1.29, 1.82) is 0 Å². The lowest BCUT2D eigenvalue weighted by molar-refractivity contribution is -0.968. The van der Waals surface area contributed by atoms with Gasteiger partial charge >= 0.3 is 0 Å². The van der Waals surface area contributed by atoms with Crippen LogP contribution in [-0.4, -0.2) is 35.8 Å². The molecule has 3 nitrogen and oxygen atoms in total. The van der Waals surface area contributed by atoms with Gasteiger partial charge in [-0.25, -0.2) is 0 Å². The molecule has 40 heavy (non-hydrogen) atoms. The molecule has 2 heterocycles. The first-order chi connectivity index (χ1) is 18.6. The zero-order valence-electron chi connectivity index (χ0n) is 27.4. The van der Waals surface area contributed by atoms with Gasteiger partial charge in [0.25, 0.3) is 0 Å². The van der Waals surface area contributed by atoms with Gasteiger partial charge in [-0.05, 0) is 77.5 Å². The Bertz CT molecular complexity index is 1190. The normalized spacial score (nSPS) is 33.5. The molecule has 3 heteroatoms. The molecule has 3 fully saturated rings. The lowest BCUT2D eigenvalue weighted by Gasteiger charge is -2.44. The number of hydrogen-bond acceptors (Lipinski definition) is 2. The Morgan fingerprint density at radius 3 is 2.02 bits per heavy atom. The number of methoxy groups -OCH3 is 1. The molecule has 0 radical (unpaired) electrons. The summed E-state index contributed by atoms with van der Waals surface area (Å²) < 4.78 is 13.8. The fourth-order valence-corrected chi connectivity index (χ4v) is 9.29. The lowest BCUT2D eigenvalue weighted by atomic mass is 9.72. The van der Waals surface area contributed by atoms with Gasteiger partial charge in [0, 0.05) is 23.3 Å². The molecule has 0 aromatic heterocycles. The zero-order valence-corrected chi connectivity index (χ0v) is 27.4. The third-order valence-electron chi connectivity index (χ3n) is 11.6. The van der Waals surface area contributed by atoms with Gasteiger partial charge in [0.05, 0.1) is 20.3 Å². The molecule has 6 atom stereocenters. The minimum absolute atomic E-state index is 0.113. The van der Waals surface area contributed by atoms with E-state index >= 15 is 0 Å². The summed E-state index contributed by atoms with van der Waals surface area (Å²) in [5, 5.41) is 0. The first-order valence-corrected chi connectivity index (χ1v) is 15.8. The number of nitrogens with zero attached hydrogens (tertiary/aromatic N) is 1. The second kappa shape index (κ2) is 9.87. The molecule has 3 aliphatic rings. The summed E-state index contributed by atoms with van der Waals surface area (Å²) in [6.45, 7) is 28.4. The Kier molecular flexibility index (Phi) is 7.32. The molecule has 0 unspecified atom stereocenters. The van der Waals surface area contributed by atoms with E-state index in [1.165, 1.54) is 46.1 Å². The lowest BCUT2D eigenvalue weighted by Crippen LogP contribution is -2.57. The highest BCUT2D eigenvalue weighted by Gasteiger charge is 2.78. The summed E-state index contributed by atoms with van der Waals surface area (Å²) in [6, 6.07) is 16.0. The summed E-state index contributed by atoms with van der Waals surface area (Å²) in [5.41, 5.74) is 6.09. The summed E-state index contributed by atoms with van der Waals surface area (Å²) in [4.78, 5) is 0. The number of hydrogen-bond donors (Lipinski definition) is 0. The Labute approximate surface area is 245 Å². The maximum Gasteiger partial charge on any atom is 0.128 e. The number of quaternary nitrogens is 1. The Balaban J connectivity index is 1.56. The molecule has 1 aliphatic carbocycles. The van der Waals surface area contributed by atoms with Crippen molar-refractivity contribution < 1.29 is 14.0 Å². The second-order valence-electron chi connectivity index (χ2n) is 16.2. The maximum absolute atomic E-state index is 7.24. The second-order valence-corrected chi connectivity index (χ2v) is 16.2. The molecule has 2 aliphatic heterocycles. The minimum atomic E-state index is -0.113. The van der Waals surface area contributed by atoms with Crippen LogP contribution in [0.1, 0.15) is 104 Å². The fourth-order valence-electron chi connectivity index (χ4n) is 9.29. The van der Waals surface area contributed by atoms with Crippen molar-refractivity contribution in [3.05, 3.63) is 64.7 Å². The van der Waals surface area contributed by atoms with Crippen molar-refractivity contribution in [2.75, 3.05) is 20.2 Å². The van der Waals surface area contributed by atoms with Gasteiger partial charge in [0.2, 0.25) is 0 Å². The summed E-state index contributed by atoms with van der Waals surface area (Å²) in [6.07, 6.45) is 2.64. The van der Waals surface area contributed by atoms with E-state index < -0.39 is 0 Å². The third-order valence-corrected chi connectivity index (χ3v) is 11.6. The van der Waals surface area contributed by atoms with Crippen LogP contribution in [0.3, 0.4) is 0 Å². The Morgan fingerprint density at radius 2 is 1.50 bits per heavy atom. The van der Waals surface area contributed by atoms with Crippen LogP contribution in [0.2, 0.25) is 0 Å². The highest BCUT2D eigenvalue weighted by Crippen LogP contribution is 2.67. The van der Waals surface area contributed by atoms with Crippen LogP contribution in [-0.2, 0) is 28.7 Å². The van der Waals surface area contributed by atoms with E-state index in [0.717, 1.165) is 30.7 Å². The predicted molar refractivity (Wildman–Crippen MR) is 167 cm³/mol. The average Bonchev–Trinajstić information content (AvgIpc) is 3.41. The van der Waals surface area contributed by atoms with Gasteiger partial charge < -0.3 is 14.0 Å². The van der Waals surface area contributed by atoms with Crippen molar-refractivity contribution in [2.45, 2.75) is 117 Å². The van der Waals surface area contributed by atoms with E-state index in [1.54, 1.807) is 7.11 Å². The molecule has 220 valence electrons. The van der Waals surface area contributed by atoms with Gasteiger partial charge in [-0.3, -0.25) is 0 Å². The largest absolute Gasteiger partial charge is 0.497 e. The number of benzene rings is 2. The van der Waals surface area contributed by atoms with E-state index in [0.29, 0.717) is 18.4 Å². The zero-order chi connectivity index (χ0) is 29.3. The molecule has 5 rings (SSSR count). The summed E-state index contributed by atoms with van der Waals surface area (Å²) in [7, 11) is 1.73. The van der Waals surface area contributed by atoms with Gasteiger partial charge in [0.15, 0.2) is 0 Å². The molecule has 2 saturated heterocycles. The van der Waals surface area contributed by atoms with Gasteiger partial charge in [-0.15, -0.1) is 0 Å². The standard InChI is InChI=1S/C37H56NO2/c1-25(2)37(40-23-27-12-14-31(39-11)15-13-27)24-38(21-26(3)32-16-17-33(37)36(32,38)10)22-28-18-29(34(4,5)6)20-30(19-28)35(7,8)9/h12-15,18-20,25-26,32-33H,16-17,21-24H2,1-11H3/q+1/t26-,32+,33+,36-,37+,38-/m1/s1. The SMILES string of the molecule is COc1ccc(CO[C@]2(C(C)C)C[N@+]3(Cc4cc(C(C)(C)C)cc(C(C)(C)C)c4)C[C@@H](C)[C@@H]4CC[C@H]2[C@@]43C)cc1. The minimum Gasteiger partial charge on any atom is -0.497 e. The third kappa shape index (κ3) is 4.64. The predicted octanol–water partition coefficient (Wildman–Crippen LogP) is 8.67. The van der Waals surface area contributed by atoms with Crippen LogP contribution < -0.4 is 4.74 Å². The smallest absolute Gasteiger partial charge is 0.128 e. The Morgan fingerprint density at radius 1 is 0.900 bits per heavy atom.